The summed E-state index contributed by atoms with van der Waals surface area (Å²) in [6.07, 6.45) is 3.31. The first-order chi connectivity index (χ1) is 5.74. The van der Waals surface area contributed by atoms with Crippen molar-refractivity contribution in [2.45, 2.75) is 0 Å². The molecule has 3 heteroatoms. The van der Waals surface area contributed by atoms with Crippen molar-refractivity contribution in [2.75, 3.05) is 0 Å². The Morgan fingerprint density at radius 3 is 2.75 bits per heavy atom. The van der Waals surface area contributed by atoms with E-state index in [1.807, 2.05) is 0 Å². The molecule has 0 aromatic heterocycles. The monoisotopic (exact) mass is 166 g/mol. The van der Waals surface area contributed by atoms with Crippen LogP contribution in [0.3, 0.4) is 0 Å². The fourth-order valence-electron chi connectivity index (χ4n) is 0.777. The number of phenolic OH excluding ortho intramolecular Hbond substituents is 1. The zero-order valence-corrected chi connectivity index (χ0v) is 6.20. The molecule has 0 aliphatic carbocycles. The van der Waals surface area contributed by atoms with Gasteiger partial charge in [-0.25, -0.2) is 4.39 Å². The van der Waals surface area contributed by atoms with Crippen LogP contribution < -0.4 is 0 Å². The molecule has 1 aromatic rings. The van der Waals surface area contributed by atoms with E-state index >= 15 is 0 Å². The van der Waals surface area contributed by atoms with Gasteiger partial charge in [-0.15, -0.1) is 0 Å². The molecular weight excluding hydrogens is 159 g/mol. The molecule has 0 heterocycles. The molecule has 0 amide bonds. The van der Waals surface area contributed by atoms with Gasteiger partial charge in [0.15, 0.2) is 11.6 Å². The van der Waals surface area contributed by atoms with E-state index in [-0.39, 0.29) is 0 Å². The van der Waals surface area contributed by atoms with Crippen molar-refractivity contribution in [3.8, 4) is 5.75 Å². The molecule has 2 nitrogen and oxygen atoms in total. The van der Waals surface area contributed by atoms with E-state index in [1.165, 1.54) is 24.3 Å². The van der Waals surface area contributed by atoms with Gasteiger partial charge < -0.3 is 5.11 Å². The van der Waals surface area contributed by atoms with Crippen molar-refractivity contribution in [2.24, 2.45) is 0 Å². The predicted octanol–water partition coefficient (Wildman–Crippen LogP) is 1.74. The lowest BCUT2D eigenvalue weighted by molar-refractivity contribution is -0.104. The molecule has 0 atom stereocenters. The van der Waals surface area contributed by atoms with Gasteiger partial charge in [0.05, 0.1) is 0 Å². The summed E-state index contributed by atoms with van der Waals surface area (Å²) in [4.78, 5) is 9.90. The molecule has 0 saturated carbocycles. The van der Waals surface area contributed by atoms with Crippen LogP contribution in [-0.4, -0.2) is 11.4 Å². The maximum Gasteiger partial charge on any atom is 0.165 e. The van der Waals surface area contributed by atoms with E-state index in [0.29, 0.717) is 11.8 Å². The van der Waals surface area contributed by atoms with E-state index in [2.05, 4.69) is 0 Å². The fourth-order valence-corrected chi connectivity index (χ4v) is 0.777. The van der Waals surface area contributed by atoms with Crippen LogP contribution in [-0.2, 0) is 4.79 Å². The largest absolute Gasteiger partial charge is 0.505 e. The Morgan fingerprint density at radius 2 is 2.17 bits per heavy atom. The lowest BCUT2D eigenvalue weighted by atomic mass is 10.2. The van der Waals surface area contributed by atoms with Gasteiger partial charge >= 0.3 is 0 Å². The number of aromatic hydroxyl groups is 1. The van der Waals surface area contributed by atoms with Crippen molar-refractivity contribution < 1.29 is 14.3 Å². The summed E-state index contributed by atoms with van der Waals surface area (Å²) >= 11 is 0. The third-order valence-electron chi connectivity index (χ3n) is 1.34. The third-order valence-corrected chi connectivity index (χ3v) is 1.34. The highest BCUT2D eigenvalue weighted by atomic mass is 19.1. The zero-order chi connectivity index (χ0) is 8.97. The summed E-state index contributed by atoms with van der Waals surface area (Å²) in [6.45, 7) is 0. The van der Waals surface area contributed by atoms with Crippen LogP contribution in [0.25, 0.3) is 6.08 Å². The second kappa shape index (κ2) is 3.67. The van der Waals surface area contributed by atoms with Crippen LogP contribution in [0.4, 0.5) is 4.39 Å². The van der Waals surface area contributed by atoms with Gasteiger partial charge in [0.1, 0.15) is 6.29 Å². The van der Waals surface area contributed by atoms with Crippen LogP contribution >= 0.6 is 0 Å². The Hall–Kier alpha value is -1.64. The quantitative estimate of drug-likeness (QED) is 0.536. The van der Waals surface area contributed by atoms with Crippen molar-refractivity contribution in [3.05, 3.63) is 35.7 Å². The van der Waals surface area contributed by atoms with Crippen molar-refractivity contribution in [1.29, 1.82) is 0 Å². The lowest BCUT2D eigenvalue weighted by Gasteiger charge is -1.95. The highest BCUT2D eigenvalue weighted by Gasteiger charge is 1.97. The SMILES string of the molecule is O=CC=Cc1ccc(O)c(F)c1. The molecule has 12 heavy (non-hydrogen) atoms. The first-order valence-electron chi connectivity index (χ1n) is 3.34. The summed E-state index contributed by atoms with van der Waals surface area (Å²) < 4.78 is 12.6. The van der Waals surface area contributed by atoms with Crippen molar-refractivity contribution in [1.82, 2.24) is 0 Å². The second-order valence-corrected chi connectivity index (χ2v) is 2.21. The van der Waals surface area contributed by atoms with Crippen LogP contribution in [0.1, 0.15) is 5.56 Å². The molecule has 0 aliphatic rings. The first-order valence-corrected chi connectivity index (χ1v) is 3.34. The molecule has 1 rings (SSSR count). The van der Waals surface area contributed by atoms with E-state index in [4.69, 9.17) is 5.11 Å². The average Bonchev–Trinajstić information content (AvgIpc) is 2.07. The first kappa shape index (κ1) is 8.46. The molecule has 0 fully saturated rings. The van der Waals surface area contributed by atoms with E-state index in [0.717, 1.165) is 6.07 Å². The standard InChI is InChI=1S/C9H7FO2/c10-8-6-7(2-1-5-11)3-4-9(8)12/h1-6,12H. The minimum absolute atomic E-state index is 0.391. The normalized spacial score (nSPS) is 10.4. The van der Waals surface area contributed by atoms with Gasteiger partial charge in [0.25, 0.3) is 0 Å². The van der Waals surface area contributed by atoms with Crippen LogP contribution in [0.2, 0.25) is 0 Å². The molecule has 1 N–H and O–H groups in total. The Kier molecular flexibility index (Phi) is 2.58. The number of aldehydes is 1. The fraction of sp³-hybridized carbons (Fsp3) is 0. The van der Waals surface area contributed by atoms with E-state index < -0.39 is 11.6 Å². The molecule has 0 spiro atoms. The van der Waals surface area contributed by atoms with Gasteiger partial charge in [0.2, 0.25) is 0 Å². The molecule has 0 aliphatic heterocycles. The Labute approximate surface area is 69.0 Å². The van der Waals surface area contributed by atoms with Gasteiger partial charge in [-0.1, -0.05) is 12.1 Å². The maximum absolute atomic E-state index is 12.6. The number of rotatable bonds is 2. The molecular formula is C9H7FO2. The van der Waals surface area contributed by atoms with Gasteiger partial charge in [-0.2, -0.15) is 0 Å². The van der Waals surface area contributed by atoms with Crippen LogP contribution in [0.5, 0.6) is 5.75 Å². The number of hydrogen-bond donors (Lipinski definition) is 1. The van der Waals surface area contributed by atoms with Crippen molar-refractivity contribution >= 4 is 12.4 Å². The number of carbonyl (C=O) groups is 1. The molecule has 0 radical (unpaired) electrons. The van der Waals surface area contributed by atoms with Crippen LogP contribution in [0.15, 0.2) is 24.3 Å². The molecule has 1 aromatic carbocycles. The van der Waals surface area contributed by atoms with Gasteiger partial charge in [-0.3, -0.25) is 4.79 Å². The van der Waals surface area contributed by atoms with Gasteiger partial charge in [-0.05, 0) is 23.8 Å². The summed E-state index contributed by atoms with van der Waals surface area (Å²) in [6, 6.07) is 3.90. The highest BCUT2D eigenvalue weighted by molar-refractivity contribution is 5.73. The van der Waals surface area contributed by atoms with E-state index in [9.17, 15) is 9.18 Å². The minimum atomic E-state index is -0.692. The van der Waals surface area contributed by atoms with Gasteiger partial charge in [0, 0.05) is 0 Å². The zero-order valence-electron chi connectivity index (χ0n) is 6.20. The minimum Gasteiger partial charge on any atom is -0.505 e. The summed E-state index contributed by atoms with van der Waals surface area (Å²) in [5, 5.41) is 8.80. The predicted molar refractivity (Wildman–Crippen MR) is 43.2 cm³/mol. The second-order valence-electron chi connectivity index (χ2n) is 2.21. The smallest absolute Gasteiger partial charge is 0.165 e. The highest BCUT2D eigenvalue weighted by Crippen LogP contribution is 2.16. The molecule has 0 unspecified atom stereocenters. The Morgan fingerprint density at radius 1 is 1.42 bits per heavy atom. The number of halogens is 1. The van der Waals surface area contributed by atoms with Crippen molar-refractivity contribution in [3.63, 3.8) is 0 Å². The summed E-state index contributed by atoms with van der Waals surface area (Å²) in [5.74, 6) is -1.08. The maximum atomic E-state index is 12.6. The Bertz CT molecular complexity index is 318. The number of carbonyl (C=O) groups excluding carboxylic acids is 1. The average molecular weight is 166 g/mol. The van der Waals surface area contributed by atoms with E-state index in [1.54, 1.807) is 0 Å². The molecule has 0 saturated heterocycles. The topological polar surface area (TPSA) is 37.3 Å². The number of phenols is 1. The lowest BCUT2D eigenvalue weighted by Crippen LogP contribution is -1.78. The molecule has 0 bridgehead atoms. The summed E-state index contributed by atoms with van der Waals surface area (Å²) in [5.41, 5.74) is 0.539. The Balaban J connectivity index is 2.96. The third kappa shape index (κ3) is 1.92. The molecule has 62 valence electrons. The van der Waals surface area contributed by atoms with Crippen LogP contribution in [0, 0.1) is 5.82 Å². The summed E-state index contributed by atoms with van der Waals surface area (Å²) in [7, 11) is 0. The number of allylic oxidation sites excluding steroid dienone is 1. The number of hydrogen-bond acceptors (Lipinski definition) is 2. The number of benzene rings is 1.